The van der Waals surface area contributed by atoms with Crippen LogP contribution >= 0.6 is 11.6 Å². The fraction of sp³-hybridized carbons (Fsp3) is 0.300. The topological polar surface area (TPSA) is 67.4 Å². The molecule has 136 valence electrons. The third-order valence-electron chi connectivity index (χ3n) is 4.38. The van der Waals surface area contributed by atoms with Crippen molar-refractivity contribution in [1.82, 2.24) is 5.32 Å². The minimum Gasteiger partial charge on any atom is -0.457 e. The number of halogens is 1. The lowest BCUT2D eigenvalue weighted by molar-refractivity contribution is -0.130. The zero-order valence-electron chi connectivity index (χ0n) is 14.5. The summed E-state index contributed by atoms with van der Waals surface area (Å²) in [4.78, 5) is 24.1. The molecule has 5 nitrogen and oxygen atoms in total. The number of hydrogen-bond acceptors (Lipinski definition) is 3. The number of ether oxygens (including phenoxy) is 1. The van der Waals surface area contributed by atoms with Gasteiger partial charge in [-0.2, -0.15) is 0 Å². The lowest BCUT2D eigenvalue weighted by Crippen LogP contribution is -2.45. The summed E-state index contributed by atoms with van der Waals surface area (Å²) in [6.07, 6.45) is 2.91. The summed E-state index contributed by atoms with van der Waals surface area (Å²) in [5.41, 5.74) is 0.637. The molecule has 0 bridgehead atoms. The van der Waals surface area contributed by atoms with Crippen molar-refractivity contribution in [1.29, 1.82) is 0 Å². The highest BCUT2D eigenvalue weighted by molar-refractivity contribution is 6.30. The summed E-state index contributed by atoms with van der Waals surface area (Å²) >= 11 is 5.93. The molecule has 0 heterocycles. The van der Waals surface area contributed by atoms with Gasteiger partial charge in [-0.05, 0) is 62.2 Å². The minimum absolute atomic E-state index is 0.0378. The average molecular weight is 373 g/mol. The SMILES string of the molecule is CC(NC(=O)C1CCC1)C(=O)Nc1ccc(Oc2cccc(Cl)c2)cc1. The van der Waals surface area contributed by atoms with E-state index in [1.54, 1.807) is 43.3 Å². The molecule has 6 heteroatoms. The number of rotatable bonds is 6. The van der Waals surface area contributed by atoms with E-state index < -0.39 is 6.04 Å². The molecule has 0 aliphatic heterocycles. The molecule has 1 aliphatic rings. The molecule has 2 aromatic rings. The Labute approximate surface area is 157 Å². The lowest BCUT2D eigenvalue weighted by atomic mass is 9.84. The molecule has 1 fully saturated rings. The zero-order valence-corrected chi connectivity index (χ0v) is 15.3. The minimum atomic E-state index is -0.578. The molecule has 1 saturated carbocycles. The summed E-state index contributed by atoms with van der Waals surface area (Å²) in [5.74, 6) is 1.05. The summed E-state index contributed by atoms with van der Waals surface area (Å²) < 4.78 is 5.71. The average Bonchev–Trinajstić information content (AvgIpc) is 2.55. The summed E-state index contributed by atoms with van der Waals surface area (Å²) in [6.45, 7) is 1.68. The molecule has 0 saturated heterocycles. The van der Waals surface area contributed by atoms with Gasteiger partial charge in [-0.25, -0.2) is 0 Å². The predicted molar refractivity (Wildman–Crippen MR) is 102 cm³/mol. The lowest BCUT2D eigenvalue weighted by Gasteiger charge is -2.25. The number of hydrogen-bond donors (Lipinski definition) is 2. The second-order valence-electron chi connectivity index (χ2n) is 6.43. The molecule has 1 unspecified atom stereocenters. The highest BCUT2D eigenvalue weighted by Crippen LogP contribution is 2.27. The Morgan fingerprint density at radius 2 is 1.85 bits per heavy atom. The number of amides is 2. The van der Waals surface area contributed by atoms with Gasteiger partial charge in [0.1, 0.15) is 17.5 Å². The molecule has 26 heavy (non-hydrogen) atoms. The van der Waals surface area contributed by atoms with Crippen molar-refractivity contribution in [2.75, 3.05) is 5.32 Å². The third-order valence-corrected chi connectivity index (χ3v) is 4.62. The van der Waals surface area contributed by atoms with Crippen molar-refractivity contribution in [3.63, 3.8) is 0 Å². The maximum absolute atomic E-state index is 12.2. The molecule has 1 atom stereocenters. The standard InChI is InChI=1S/C20H21ClN2O3/c1-13(22-20(25)14-4-2-5-14)19(24)23-16-8-10-17(11-9-16)26-18-7-3-6-15(21)12-18/h3,6-14H,2,4-5H2,1H3,(H,22,25)(H,23,24). The molecule has 2 N–H and O–H groups in total. The highest BCUT2D eigenvalue weighted by atomic mass is 35.5. The first kappa shape index (κ1) is 18.3. The summed E-state index contributed by atoms with van der Waals surface area (Å²) in [5, 5.41) is 6.16. The smallest absolute Gasteiger partial charge is 0.246 e. The van der Waals surface area contributed by atoms with Crippen molar-refractivity contribution in [2.24, 2.45) is 5.92 Å². The van der Waals surface area contributed by atoms with Crippen LogP contribution in [0.3, 0.4) is 0 Å². The van der Waals surface area contributed by atoms with Crippen LogP contribution in [0, 0.1) is 5.92 Å². The van der Waals surface area contributed by atoms with E-state index in [2.05, 4.69) is 10.6 Å². The maximum Gasteiger partial charge on any atom is 0.246 e. The fourth-order valence-electron chi connectivity index (χ4n) is 2.59. The zero-order chi connectivity index (χ0) is 18.5. The van der Waals surface area contributed by atoms with Gasteiger partial charge in [0.05, 0.1) is 0 Å². The second-order valence-corrected chi connectivity index (χ2v) is 6.87. The normalized spacial score (nSPS) is 14.8. The first-order chi connectivity index (χ1) is 12.5. The number of nitrogens with one attached hydrogen (secondary N) is 2. The molecule has 3 rings (SSSR count). The van der Waals surface area contributed by atoms with Gasteiger partial charge in [-0.15, -0.1) is 0 Å². The molecular weight excluding hydrogens is 352 g/mol. The van der Waals surface area contributed by atoms with Crippen LogP contribution in [0.4, 0.5) is 5.69 Å². The van der Waals surface area contributed by atoms with E-state index in [0.717, 1.165) is 19.3 Å². The van der Waals surface area contributed by atoms with E-state index in [-0.39, 0.29) is 17.7 Å². The molecule has 2 amide bonds. The summed E-state index contributed by atoms with van der Waals surface area (Å²) in [7, 11) is 0. The number of benzene rings is 2. The number of carbonyl (C=O) groups is 2. The van der Waals surface area contributed by atoms with Gasteiger partial charge in [0.15, 0.2) is 0 Å². The monoisotopic (exact) mass is 372 g/mol. The first-order valence-corrected chi connectivity index (χ1v) is 9.04. The number of carbonyl (C=O) groups excluding carboxylic acids is 2. The van der Waals surface area contributed by atoms with Gasteiger partial charge in [-0.1, -0.05) is 24.1 Å². The Morgan fingerprint density at radius 3 is 2.46 bits per heavy atom. The van der Waals surface area contributed by atoms with Crippen LogP contribution < -0.4 is 15.4 Å². The highest BCUT2D eigenvalue weighted by Gasteiger charge is 2.27. The fourth-order valence-corrected chi connectivity index (χ4v) is 2.77. The van der Waals surface area contributed by atoms with Gasteiger partial charge < -0.3 is 15.4 Å². The van der Waals surface area contributed by atoms with Crippen LogP contribution in [0.2, 0.25) is 5.02 Å². The van der Waals surface area contributed by atoms with Crippen LogP contribution in [0.5, 0.6) is 11.5 Å². The van der Waals surface area contributed by atoms with Crippen LogP contribution in [-0.2, 0) is 9.59 Å². The van der Waals surface area contributed by atoms with Gasteiger partial charge >= 0.3 is 0 Å². The molecule has 0 aromatic heterocycles. The van der Waals surface area contributed by atoms with Gasteiger partial charge in [-0.3, -0.25) is 9.59 Å². The Kier molecular flexibility index (Phi) is 5.78. The van der Waals surface area contributed by atoms with E-state index in [1.165, 1.54) is 0 Å². The molecule has 1 aliphatic carbocycles. The van der Waals surface area contributed by atoms with Crippen LogP contribution in [0.25, 0.3) is 0 Å². The van der Waals surface area contributed by atoms with Crippen molar-refractivity contribution in [3.05, 3.63) is 53.6 Å². The molecular formula is C20H21ClN2O3. The van der Waals surface area contributed by atoms with Gasteiger partial charge in [0, 0.05) is 16.6 Å². The number of anilines is 1. The van der Waals surface area contributed by atoms with E-state index in [9.17, 15) is 9.59 Å². The predicted octanol–water partition coefficient (Wildman–Crippen LogP) is 4.38. The second kappa shape index (κ2) is 8.23. The van der Waals surface area contributed by atoms with Gasteiger partial charge in [0.2, 0.25) is 11.8 Å². The molecule has 2 aromatic carbocycles. The van der Waals surface area contributed by atoms with Crippen LogP contribution in [0.15, 0.2) is 48.5 Å². The van der Waals surface area contributed by atoms with Gasteiger partial charge in [0.25, 0.3) is 0 Å². The van der Waals surface area contributed by atoms with Crippen LogP contribution in [-0.4, -0.2) is 17.9 Å². The van der Waals surface area contributed by atoms with E-state index in [0.29, 0.717) is 22.2 Å². The maximum atomic E-state index is 12.2. The Bertz CT molecular complexity index is 788. The Balaban J connectivity index is 1.53. The molecule has 0 radical (unpaired) electrons. The van der Waals surface area contributed by atoms with Crippen molar-refractivity contribution in [3.8, 4) is 11.5 Å². The first-order valence-electron chi connectivity index (χ1n) is 8.66. The Morgan fingerprint density at radius 1 is 1.12 bits per heavy atom. The van der Waals surface area contributed by atoms with Crippen LogP contribution in [0.1, 0.15) is 26.2 Å². The van der Waals surface area contributed by atoms with Crippen molar-refractivity contribution >= 4 is 29.1 Å². The largest absolute Gasteiger partial charge is 0.457 e. The molecule has 0 spiro atoms. The van der Waals surface area contributed by atoms with E-state index >= 15 is 0 Å². The summed E-state index contributed by atoms with van der Waals surface area (Å²) in [6, 6.07) is 13.6. The quantitative estimate of drug-likeness (QED) is 0.790. The third kappa shape index (κ3) is 4.76. The van der Waals surface area contributed by atoms with E-state index in [1.807, 2.05) is 12.1 Å². The van der Waals surface area contributed by atoms with E-state index in [4.69, 9.17) is 16.3 Å². The van der Waals surface area contributed by atoms with Crippen molar-refractivity contribution < 1.29 is 14.3 Å². The Hall–Kier alpha value is -2.53. The van der Waals surface area contributed by atoms with Crippen molar-refractivity contribution in [2.45, 2.75) is 32.2 Å².